The molecule has 1 aliphatic rings. The van der Waals surface area contributed by atoms with Crippen LogP contribution < -0.4 is 9.47 Å². The Morgan fingerprint density at radius 3 is 2.60 bits per heavy atom. The second-order valence-electron chi connectivity index (χ2n) is 5.42. The van der Waals surface area contributed by atoms with Gasteiger partial charge in [-0.1, -0.05) is 6.92 Å². The predicted molar refractivity (Wildman–Crippen MR) is 79.3 cm³/mol. The normalized spacial score (nSPS) is 16.2. The Morgan fingerprint density at radius 1 is 1.30 bits per heavy atom. The second kappa shape index (κ2) is 6.95. The molecule has 0 amide bonds. The molecule has 1 unspecified atom stereocenters. The van der Waals surface area contributed by atoms with Crippen LogP contribution in [0.5, 0.6) is 11.5 Å². The minimum absolute atomic E-state index is 0.533. The van der Waals surface area contributed by atoms with Crippen LogP contribution in [0, 0.1) is 5.92 Å². The molecule has 1 aliphatic carbocycles. The van der Waals surface area contributed by atoms with Gasteiger partial charge in [-0.05, 0) is 37.4 Å². The van der Waals surface area contributed by atoms with Crippen LogP contribution in [-0.2, 0) is 0 Å². The summed E-state index contributed by atoms with van der Waals surface area (Å²) in [4.78, 5) is 2.31. The Bertz CT molecular complexity index is 432. The highest BCUT2D eigenvalue weighted by molar-refractivity contribution is 5.42. The van der Waals surface area contributed by atoms with Gasteiger partial charge in [-0.25, -0.2) is 0 Å². The van der Waals surface area contributed by atoms with Crippen molar-refractivity contribution < 1.29 is 14.6 Å². The van der Waals surface area contributed by atoms with E-state index in [1.54, 1.807) is 14.2 Å². The fourth-order valence-corrected chi connectivity index (χ4v) is 2.43. The Kier molecular flexibility index (Phi) is 5.26. The first-order chi connectivity index (χ1) is 9.67. The van der Waals surface area contributed by atoms with Crippen molar-refractivity contribution in [2.45, 2.75) is 25.9 Å². The maximum absolute atomic E-state index is 10.5. The Hall–Kier alpha value is -1.26. The average Bonchev–Trinajstić information content (AvgIpc) is 3.29. The maximum atomic E-state index is 10.5. The third kappa shape index (κ3) is 3.87. The molecule has 112 valence electrons. The Balaban J connectivity index is 2.04. The number of methoxy groups -OCH3 is 2. The van der Waals surface area contributed by atoms with Gasteiger partial charge in [0.15, 0.2) is 0 Å². The molecule has 0 heterocycles. The highest BCUT2D eigenvalue weighted by Gasteiger charge is 2.25. The lowest BCUT2D eigenvalue weighted by Gasteiger charge is -2.24. The standard InChI is InChI=1S/C16H25NO3/c1-4-17(10-12-5-6-12)11-15(18)14-8-7-13(19-2)9-16(14)20-3/h7-9,12,15,18H,4-6,10-11H2,1-3H3. The van der Waals surface area contributed by atoms with Crippen molar-refractivity contribution >= 4 is 0 Å². The molecular weight excluding hydrogens is 254 g/mol. The summed E-state index contributed by atoms with van der Waals surface area (Å²) < 4.78 is 10.5. The van der Waals surface area contributed by atoms with Gasteiger partial charge in [0.1, 0.15) is 11.5 Å². The quantitative estimate of drug-likeness (QED) is 0.794. The number of aliphatic hydroxyl groups is 1. The molecule has 1 N–H and O–H groups in total. The highest BCUT2D eigenvalue weighted by Crippen LogP contribution is 2.32. The predicted octanol–water partition coefficient (Wildman–Crippen LogP) is 2.47. The number of likely N-dealkylation sites (N-methyl/N-ethyl adjacent to an activating group) is 1. The highest BCUT2D eigenvalue weighted by atomic mass is 16.5. The van der Waals surface area contributed by atoms with Crippen LogP contribution in [-0.4, -0.2) is 43.9 Å². The summed E-state index contributed by atoms with van der Waals surface area (Å²) in [6, 6.07) is 5.56. The van der Waals surface area contributed by atoms with E-state index in [4.69, 9.17) is 9.47 Å². The van der Waals surface area contributed by atoms with Gasteiger partial charge in [0.2, 0.25) is 0 Å². The molecule has 1 atom stereocenters. The lowest BCUT2D eigenvalue weighted by atomic mass is 10.1. The minimum atomic E-state index is -0.533. The van der Waals surface area contributed by atoms with Gasteiger partial charge in [0.25, 0.3) is 0 Å². The zero-order valence-electron chi connectivity index (χ0n) is 12.6. The Morgan fingerprint density at radius 2 is 2.05 bits per heavy atom. The van der Waals surface area contributed by atoms with Crippen molar-refractivity contribution in [2.75, 3.05) is 33.9 Å². The first kappa shape index (κ1) is 15.1. The molecule has 1 saturated carbocycles. The molecule has 1 aromatic carbocycles. The number of hydrogen-bond donors (Lipinski definition) is 1. The van der Waals surface area contributed by atoms with Crippen LogP contribution in [0.2, 0.25) is 0 Å². The summed E-state index contributed by atoms with van der Waals surface area (Å²) >= 11 is 0. The summed E-state index contributed by atoms with van der Waals surface area (Å²) in [5.74, 6) is 2.25. The number of aliphatic hydroxyl groups excluding tert-OH is 1. The minimum Gasteiger partial charge on any atom is -0.497 e. The van der Waals surface area contributed by atoms with Crippen molar-refractivity contribution in [1.82, 2.24) is 4.90 Å². The average molecular weight is 279 g/mol. The van der Waals surface area contributed by atoms with Crippen molar-refractivity contribution in [3.05, 3.63) is 23.8 Å². The van der Waals surface area contributed by atoms with E-state index in [2.05, 4.69) is 11.8 Å². The molecule has 0 radical (unpaired) electrons. The second-order valence-corrected chi connectivity index (χ2v) is 5.42. The zero-order valence-corrected chi connectivity index (χ0v) is 12.6. The molecule has 0 aromatic heterocycles. The summed E-state index contributed by atoms with van der Waals surface area (Å²) in [6.07, 6.45) is 2.13. The summed E-state index contributed by atoms with van der Waals surface area (Å²) in [6.45, 7) is 4.84. The van der Waals surface area contributed by atoms with E-state index in [9.17, 15) is 5.11 Å². The molecule has 2 rings (SSSR count). The number of hydrogen-bond acceptors (Lipinski definition) is 4. The van der Waals surface area contributed by atoms with Crippen LogP contribution in [0.3, 0.4) is 0 Å². The van der Waals surface area contributed by atoms with Crippen LogP contribution in [0.25, 0.3) is 0 Å². The topological polar surface area (TPSA) is 41.9 Å². The molecule has 1 fully saturated rings. The van der Waals surface area contributed by atoms with Gasteiger partial charge in [0.05, 0.1) is 20.3 Å². The van der Waals surface area contributed by atoms with E-state index in [-0.39, 0.29) is 0 Å². The van der Waals surface area contributed by atoms with E-state index < -0.39 is 6.10 Å². The van der Waals surface area contributed by atoms with Crippen LogP contribution >= 0.6 is 0 Å². The molecule has 20 heavy (non-hydrogen) atoms. The number of ether oxygens (including phenoxy) is 2. The van der Waals surface area contributed by atoms with Crippen molar-refractivity contribution in [1.29, 1.82) is 0 Å². The van der Waals surface area contributed by atoms with Crippen molar-refractivity contribution in [3.63, 3.8) is 0 Å². The fourth-order valence-electron chi connectivity index (χ4n) is 2.43. The monoisotopic (exact) mass is 279 g/mol. The van der Waals surface area contributed by atoms with Gasteiger partial charge < -0.3 is 19.5 Å². The third-order valence-electron chi connectivity index (χ3n) is 3.89. The summed E-state index contributed by atoms with van der Waals surface area (Å²) in [5.41, 5.74) is 0.822. The molecule has 4 heteroatoms. The molecule has 0 aliphatic heterocycles. The number of nitrogens with zero attached hydrogens (tertiary/aromatic N) is 1. The first-order valence-corrected chi connectivity index (χ1v) is 7.30. The summed E-state index contributed by atoms with van der Waals surface area (Å²) in [5, 5.41) is 10.5. The maximum Gasteiger partial charge on any atom is 0.128 e. The lowest BCUT2D eigenvalue weighted by Crippen LogP contribution is -2.30. The van der Waals surface area contributed by atoms with E-state index in [1.807, 2.05) is 18.2 Å². The van der Waals surface area contributed by atoms with Crippen LogP contribution in [0.1, 0.15) is 31.4 Å². The number of rotatable bonds is 8. The molecule has 1 aromatic rings. The van der Waals surface area contributed by atoms with Crippen LogP contribution in [0.4, 0.5) is 0 Å². The largest absolute Gasteiger partial charge is 0.497 e. The molecular formula is C16H25NO3. The van der Waals surface area contributed by atoms with Gasteiger partial charge in [-0.15, -0.1) is 0 Å². The van der Waals surface area contributed by atoms with Gasteiger partial charge in [0, 0.05) is 24.7 Å². The van der Waals surface area contributed by atoms with E-state index in [1.165, 1.54) is 12.8 Å². The van der Waals surface area contributed by atoms with E-state index >= 15 is 0 Å². The van der Waals surface area contributed by atoms with Crippen molar-refractivity contribution in [2.24, 2.45) is 5.92 Å². The van der Waals surface area contributed by atoms with Gasteiger partial charge >= 0.3 is 0 Å². The first-order valence-electron chi connectivity index (χ1n) is 7.30. The smallest absolute Gasteiger partial charge is 0.128 e. The summed E-state index contributed by atoms with van der Waals surface area (Å²) in [7, 11) is 3.24. The van der Waals surface area contributed by atoms with Crippen LogP contribution in [0.15, 0.2) is 18.2 Å². The van der Waals surface area contributed by atoms with E-state index in [0.29, 0.717) is 12.3 Å². The molecule has 0 bridgehead atoms. The zero-order chi connectivity index (χ0) is 14.5. The van der Waals surface area contributed by atoms with Gasteiger partial charge in [-0.2, -0.15) is 0 Å². The van der Waals surface area contributed by atoms with E-state index in [0.717, 1.165) is 30.3 Å². The third-order valence-corrected chi connectivity index (χ3v) is 3.89. The molecule has 4 nitrogen and oxygen atoms in total. The molecule has 0 spiro atoms. The lowest BCUT2D eigenvalue weighted by molar-refractivity contribution is 0.111. The SMILES string of the molecule is CCN(CC1CC1)CC(O)c1ccc(OC)cc1OC. The molecule has 0 saturated heterocycles. The Labute approximate surface area is 121 Å². The fraction of sp³-hybridized carbons (Fsp3) is 0.625. The van der Waals surface area contributed by atoms with Crippen molar-refractivity contribution in [3.8, 4) is 11.5 Å². The number of benzene rings is 1. The van der Waals surface area contributed by atoms with Gasteiger partial charge in [-0.3, -0.25) is 0 Å².